The van der Waals surface area contributed by atoms with Gasteiger partial charge >= 0.3 is 0 Å². The minimum absolute atomic E-state index is 0.726. The molecule has 0 aromatic carbocycles. The van der Waals surface area contributed by atoms with Gasteiger partial charge in [-0.25, -0.2) is 0 Å². The Bertz CT molecular complexity index is 380. The second kappa shape index (κ2) is 4.65. The molecule has 2 heterocycles. The number of halogens is 1. The van der Waals surface area contributed by atoms with Crippen molar-refractivity contribution in [2.75, 3.05) is 0 Å². The van der Waals surface area contributed by atoms with Crippen LogP contribution in [0.25, 0.3) is 0 Å². The molecular weight excluding hydrogens is 293 g/mol. The lowest BCUT2D eigenvalue weighted by atomic mass is 10.4. The van der Waals surface area contributed by atoms with E-state index in [1.54, 1.807) is 6.26 Å². The molecule has 0 fully saturated rings. The van der Waals surface area contributed by atoms with Gasteiger partial charge in [0.2, 0.25) is 0 Å². The first kappa shape index (κ1) is 9.79. The number of hydrogen-bond donors (Lipinski definition) is 1. The van der Waals surface area contributed by atoms with Crippen molar-refractivity contribution in [3.63, 3.8) is 0 Å². The van der Waals surface area contributed by atoms with Gasteiger partial charge < -0.3 is 14.2 Å². The van der Waals surface area contributed by atoms with Crippen LogP contribution in [0.3, 0.4) is 0 Å². The maximum absolute atomic E-state index is 5.40. The van der Waals surface area contributed by atoms with Crippen molar-refractivity contribution in [2.24, 2.45) is 0 Å². The van der Waals surface area contributed by atoms with E-state index in [-0.39, 0.29) is 0 Å². The molecule has 0 aliphatic rings. The molecule has 14 heavy (non-hydrogen) atoms. The molecule has 4 heteroatoms. The molecule has 0 amide bonds. The van der Waals surface area contributed by atoms with Crippen LogP contribution in [0.15, 0.2) is 39.4 Å². The zero-order valence-electron chi connectivity index (χ0n) is 7.50. The maximum atomic E-state index is 5.40. The minimum atomic E-state index is 0.726. The van der Waals surface area contributed by atoms with Gasteiger partial charge in [0, 0.05) is 0 Å². The predicted octanol–water partition coefficient (Wildman–Crippen LogP) is 2.77. The average molecular weight is 303 g/mol. The lowest BCUT2D eigenvalue weighted by Gasteiger charge is -1.98. The first-order valence-corrected chi connectivity index (χ1v) is 5.40. The predicted molar refractivity (Wildman–Crippen MR) is 60.7 cm³/mol. The molecule has 0 saturated heterocycles. The summed E-state index contributed by atoms with van der Waals surface area (Å²) < 4.78 is 11.5. The van der Waals surface area contributed by atoms with Crippen molar-refractivity contribution in [3.05, 3.63) is 45.8 Å². The van der Waals surface area contributed by atoms with E-state index in [0.717, 1.165) is 28.4 Å². The van der Waals surface area contributed by atoms with Gasteiger partial charge in [0.15, 0.2) is 3.77 Å². The largest absolute Gasteiger partial charge is 0.468 e. The highest BCUT2D eigenvalue weighted by atomic mass is 127. The van der Waals surface area contributed by atoms with E-state index >= 15 is 0 Å². The average Bonchev–Trinajstić information content (AvgIpc) is 2.77. The van der Waals surface area contributed by atoms with E-state index in [4.69, 9.17) is 8.83 Å². The maximum Gasteiger partial charge on any atom is 0.164 e. The third kappa shape index (κ3) is 2.62. The normalized spacial score (nSPS) is 10.6. The van der Waals surface area contributed by atoms with Gasteiger partial charge in [0.1, 0.15) is 11.5 Å². The summed E-state index contributed by atoms with van der Waals surface area (Å²) in [5, 5.41) is 3.23. The molecule has 0 atom stereocenters. The second-order valence-electron chi connectivity index (χ2n) is 2.89. The van der Waals surface area contributed by atoms with Crippen LogP contribution in [0, 0.1) is 3.77 Å². The van der Waals surface area contributed by atoms with Crippen LogP contribution >= 0.6 is 22.6 Å². The number of furan rings is 2. The molecule has 0 aliphatic carbocycles. The quantitative estimate of drug-likeness (QED) is 0.883. The van der Waals surface area contributed by atoms with Crippen LogP contribution in [-0.4, -0.2) is 0 Å². The lowest BCUT2D eigenvalue weighted by molar-refractivity contribution is 0.441. The monoisotopic (exact) mass is 303 g/mol. The molecule has 0 spiro atoms. The Hall–Kier alpha value is -0.750. The highest BCUT2D eigenvalue weighted by molar-refractivity contribution is 14.1. The molecule has 1 N–H and O–H groups in total. The summed E-state index contributed by atoms with van der Waals surface area (Å²) in [5.41, 5.74) is 0. The van der Waals surface area contributed by atoms with Gasteiger partial charge in [-0.15, -0.1) is 0 Å². The van der Waals surface area contributed by atoms with E-state index in [9.17, 15) is 0 Å². The molecule has 2 aromatic rings. The molecule has 2 rings (SSSR count). The van der Waals surface area contributed by atoms with E-state index in [0.29, 0.717) is 0 Å². The van der Waals surface area contributed by atoms with Gasteiger partial charge in [-0.3, -0.25) is 0 Å². The van der Waals surface area contributed by atoms with Crippen LogP contribution < -0.4 is 5.32 Å². The Balaban J connectivity index is 1.78. The molecule has 3 nitrogen and oxygen atoms in total. The SMILES string of the molecule is Ic1ccc(CNCc2ccco2)o1. The third-order valence-corrected chi connectivity index (χ3v) is 2.39. The molecule has 0 radical (unpaired) electrons. The Morgan fingerprint density at radius 3 is 2.64 bits per heavy atom. The molecule has 74 valence electrons. The Morgan fingerprint density at radius 2 is 2.00 bits per heavy atom. The van der Waals surface area contributed by atoms with Gasteiger partial charge in [-0.2, -0.15) is 0 Å². The molecule has 0 bridgehead atoms. The van der Waals surface area contributed by atoms with E-state index in [1.807, 2.05) is 24.3 Å². The summed E-state index contributed by atoms with van der Waals surface area (Å²) >= 11 is 2.15. The van der Waals surface area contributed by atoms with Crippen molar-refractivity contribution >= 4 is 22.6 Å². The second-order valence-corrected chi connectivity index (χ2v) is 3.95. The summed E-state index contributed by atoms with van der Waals surface area (Å²) in [5.74, 6) is 1.88. The van der Waals surface area contributed by atoms with E-state index < -0.39 is 0 Å². The molecular formula is C10H10INO2. The Morgan fingerprint density at radius 1 is 1.14 bits per heavy atom. The standard InChI is InChI=1S/C10H10INO2/c11-10-4-3-9(14-10)7-12-6-8-2-1-5-13-8/h1-5,12H,6-7H2. The van der Waals surface area contributed by atoms with Crippen LogP contribution in [0.5, 0.6) is 0 Å². The Labute approximate surface area is 95.6 Å². The highest BCUT2D eigenvalue weighted by Crippen LogP contribution is 2.09. The number of nitrogens with one attached hydrogen (secondary N) is 1. The number of hydrogen-bond acceptors (Lipinski definition) is 3. The minimum Gasteiger partial charge on any atom is -0.468 e. The zero-order chi connectivity index (χ0) is 9.80. The topological polar surface area (TPSA) is 38.3 Å². The van der Waals surface area contributed by atoms with E-state index in [1.165, 1.54) is 0 Å². The molecule has 0 aliphatic heterocycles. The zero-order valence-corrected chi connectivity index (χ0v) is 9.65. The molecule has 0 unspecified atom stereocenters. The van der Waals surface area contributed by atoms with Crippen LogP contribution in [0.2, 0.25) is 0 Å². The third-order valence-electron chi connectivity index (χ3n) is 1.81. The van der Waals surface area contributed by atoms with Gasteiger partial charge in [0.05, 0.1) is 19.4 Å². The Kier molecular flexibility index (Phi) is 3.26. The van der Waals surface area contributed by atoms with Gasteiger partial charge in [-0.1, -0.05) is 0 Å². The molecule has 2 aromatic heterocycles. The summed E-state index contributed by atoms with van der Waals surface area (Å²) in [6, 6.07) is 7.74. The van der Waals surface area contributed by atoms with Crippen molar-refractivity contribution in [1.29, 1.82) is 0 Å². The van der Waals surface area contributed by atoms with Crippen molar-refractivity contribution in [1.82, 2.24) is 5.32 Å². The summed E-state index contributed by atoms with van der Waals surface area (Å²) in [6.07, 6.45) is 1.67. The van der Waals surface area contributed by atoms with Crippen LogP contribution in [0.4, 0.5) is 0 Å². The van der Waals surface area contributed by atoms with Crippen LogP contribution in [0.1, 0.15) is 11.5 Å². The highest BCUT2D eigenvalue weighted by Gasteiger charge is 1.99. The summed E-state index contributed by atoms with van der Waals surface area (Å²) in [6.45, 7) is 1.45. The lowest BCUT2D eigenvalue weighted by Crippen LogP contribution is -2.11. The van der Waals surface area contributed by atoms with Crippen molar-refractivity contribution < 1.29 is 8.83 Å². The van der Waals surface area contributed by atoms with Gasteiger partial charge in [0.25, 0.3) is 0 Å². The van der Waals surface area contributed by atoms with Crippen molar-refractivity contribution in [3.8, 4) is 0 Å². The molecule has 0 saturated carbocycles. The first-order chi connectivity index (χ1) is 6.84. The first-order valence-electron chi connectivity index (χ1n) is 4.32. The fourth-order valence-corrected chi connectivity index (χ4v) is 1.63. The summed E-state index contributed by atoms with van der Waals surface area (Å²) in [7, 11) is 0. The van der Waals surface area contributed by atoms with Crippen LogP contribution in [-0.2, 0) is 13.1 Å². The summed E-state index contributed by atoms with van der Waals surface area (Å²) in [4.78, 5) is 0. The fourth-order valence-electron chi connectivity index (χ4n) is 1.17. The fraction of sp³-hybridized carbons (Fsp3) is 0.200. The van der Waals surface area contributed by atoms with Crippen molar-refractivity contribution in [2.45, 2.75) is 13.1 Å². The number of rotatable bonds is 4. The smallest absolute Gasteiger partial charge is 0.164 e. The van der Waals surface area contributed by atoms with Gasteiger partial charge in [-0.05, 0) is 46.9 Å². The van der Waals surface area contributed by atoms with E-state index in [2.05, 4.69) is 27.9 Å².